The molecule has 0 unspecified atom stereocenters. The van der Waals surface area contributed by atoms with Crippen LogP contribution in [0.15, 0.2) is 24.4 Å². The number of fused-ring (bicyclic) bond motifs is 1. The van der Waals surface area contributed by atoms with Crippen LogP contribution in [-0.2, 0) is 17.8 Å². The summed E-state index contributed by atoms with van der Waals surface area (Å²) in [5.41, 5.74) is 8.20. The summed E-state index contributed by atoms with van der Waals surface area (Å²) in [6.07, 6.45) is 3.45. The molecule has 2 aromatic rings. The number of anilines is 2. The van der Waals surface area contributed by atoms with Crippen molar-refractivity contribution in [2.45, 2.75) is 19.4 Å². The first-order valence-electron chi connectivity index (χ1n) is 6.98. The largest absolute Gasteiger partial charge is 0.385 e. The normalized spacial score (nSPS) is 13.1. The van der Waals surface area contributed by atoms with E-state index in [4.69, 9.17) is 5.73 Å². The highest BCUT2D eigenvalue weighted by atomic mass is 16.2. The van der Waals surface area contributed by atoms with Gasteiger partial charge in [0.05, 0.1) is 6.20 Å². The molecule has 3 rings (SSSR count). The monoisotopic (exact) mass is 300 g/mol. The van der Waals surface area contributed by atoms with Gasteiger partial charge in [-0.15, -0.1) is 5.10 Å². The Morgan fingerprint density at radius 3 is 3.09 bits per heavy atom. The molecular weight excluding hydrogens is 284 g/mol. The molecule has 2 amide bonds. The van der Waals surface area contributed by atoms with Gasteiger partial charge in [0.1, 0.15) is 6.54 Å². The SMILES string of the molecule is NC(=O)Cn1cc(C(=O)Nc2ccc3c(c2)CCCN3)nn1. The fourth-order valence-corrected chi connectivity index (χ4v) is 2.39. The third-order valence-corrected chi connectivity index (χ3v) is 3.39. The Balaban J connectivity index is 1.71. The van der Waals surface area contributed by atoms with E-state index in [2.05, 4.69) is 20.9 Å². The number of primary amides is 1. The summed E-state index contributed by atoms with van der Waals surface area (Å²) in [5.74, 6) is -0.918. The summed E-state index contributed by atoms with van der Waals surface area (Å²) < 4.78 is 1.23. The highest BCUT2D eigenvalue weighted by molar-refractivity contribution is 6.02. The summed E-state index contributed by atoms with van der Waals surface area (Å²) >= 11 is 0. The van der Waals surface area contributed by atoms with Crippen LogP contribution in [-0.4, -0.2) is 33.4 Å². The van der Waals surface area contributed by atoms with Crippen LogP contribution >= 0.6 is 0 Å². The van der Waals surface area contributed by atoms with Crippen LogP contribution in [0.3, 0.4) is 0 Å². The van der Waals surface area contributed by atoms with Crippen LogP contribution in [0, 0.1) is 0 Å². The van der Waals surface area contributed by atoms with Gasteiger partial charge in [0, 0.05) is 17.9 Å². The third kappa shape index (κ3) is 3.05. The molecule has 1 aromatic heterocycles. The van der Waals surface area contributed by atoms with Gasteiger partial charge in [-0.05, 0) is 36.6 Å². The molecule has 0 radical (unpaired) electrons. The van der Waals surface area contributed by atoms with Gasteiger partial charge < -0.3 is 16.4 Å². The summed E-state index contributed by atoms with van der Waals surface area (Å²) in [6, 6.07) is 5.74. The number of aromatic nitrogens is 3. The van der Waals surface area contributed by atoms with E-state index in [-0.39, 0.29) is 18.1 Å². The van der Waals surface area contributed by atoms with Gasteiger partial charge in [-0.25, -0.2) is 4.68 Å². The zero-order valence-electron chi connectivity index (χ0n) is 11.9. The molecule has 8 nitrogen and oxygen atoms in total. The fraction of sp³-hybridized carbons (Fsp3) is 0.286. The first-order valence-corrected chi connectivity index (χ1v) is 6.98. The van der Waals surface area contributed by atoms with Gasteiger partial charge in [-0.1, -0.05) is 5.21 Å². The van der Waals surface area contributed by atoms with E-state index in [1.807, 2.05) is 18.2 Å². The highest BCUT2D eigenvalue weighted by Crippen LogP contribution is 2.25. The van der Waals surface area contributed by atoms with Crippen molar-refractivity contribution in [2.24, 2.45) is 5.73 Å². The molecule has 1 aliphatic heterocycles. The predicted molar refractivity (Wildman–Crippen MR) is 80.4 cm³/mol. The van der Waals surface area contributed by atoms with Gasteiger partial charge in [0.2, 0.25) is 5.91 Å². The second-order valence-electron chi connectivity index (χ2n) is 5.12. The molecule has 0 saturated carbocycles. The Morgan fingerprint density at radius 2 is 2.27 bits per heavy atom. The van der Waals surface area contributed by atoms with Crippen LogP contribution in [0.25, 0.3) is 0 Å². The molecule has 0 bridgehead atoms. The minimum absolute atomic E-state index is 0.106. The van der Waals surface area contributed by atoms with Crippen LogP contribution in [0.1, 0.15) is 22.5 Å². The number of amides is 2. The van der Waals surface area contributed by atoms with Crippen molar-refractivity contribution in [3.63, 3.8) is 0 Å². The first kappa shape index (κ1) is 14.1. The van der Waals surface area contributed by atoms with Crippen LogP contribution in [0.5, 0.6) is 0 Å². The van der Waals surface area contributed by atoms with Crippen molar-refractivity contribution in [3.8, 4) is 0 Å². The number of nitrogens with zero attached hydrogens (tertiary/aromatic N) is 3. The second kappa shape index (κ2) is 5.84. The average Bonchev–Trinajstić information content (AvgIpc) is 2.95. The Hall–Kier alpha value is -2.90. The zero-order valence-corrected chi connectivity index (χ0v) is 11.9. The summed E-state index contributed by atoms with van der Waals surface area (Å²) in [7, 11) is 0. The van der Waals surface area contributed by atoms with Crippen molar-refractivity contribution < 1.29 is 9.59 Å². The van der Waals surface area contributed by atoms with Crippen molar-refractivity contribution in [3.05, 3.63) is 35.7 Å². The molecule has 0 aliphatic carbocycles. The lowest BCUT2D eigenvalue weighted by Crippen LogP contribution is -2.19. The maximum Gasteiger partial charge on any atom is 0.277 e. The van der Waals surface area contributed by atoms with Crippen LogP contribution < -0.4 is 16.4 Å². The standard InChI is InChI=1S/C14H16N6O2/c15-13(21)8-20-7-12(18-19-20)14(22)17-10-3-4-11-9(6-10)2-1-5-16-11/h3-4,6-7,16H,1-2,5,8H2,(H2,15,21)(H,17,22). The number of rotatable bonds is 4. The maximum atomic E-state index is 12.1. The van der Waals surface area contributed by atoms with Gasteiger partial charge in [0.25, 0.3) is 5.91 Å². The molecule has 0 atom stereocenters. The number of nitrogens with one attached hydrogen (secondary N) is 2. The second-order valence-corrected chi connectivity index (χ2v) is 5.12. The smallest absolute Gasteiger partial charge is 0.277 e. The van der Waals surface area contributed by atoms with E-state index < -0.39 is 5.91 Å². The number of hydrogen-bond acceptors (Lipinski definition) is 5. The molecule has 0 spiro atoms. The highest BCUT2D eigenvalue weighted by Gasteiger charge is 2.14. The molecule has 1 aromatic carbocycles. The molecule has 1 aliphatic rings. The maximum absolute atomic E-state index is 12.1. The number of benzene rings is 1. The lowest BCUT2D eigenvalue weighted by Gasteiger charge is -2.18. The van der Waals surface area contributed by atoms with Gasteiger partial charge in [0.15, 0.2) is 5.69 Å². The van der Waals surface area contributed by atoms with E-state index in [1.165, 1.54) is 16.4 Å². The van der Waals surface area contributed by atoms with E-state index in [9.17, 15) is 9.59 Å². The van der Waals surface area contributed by atoms with E-state index in [0.29, 0.717) is 5.69 Å². The Kier molecular flexibility index (Phi) is 3.73. The van der Waals surface area contributed by atoms with Gasteiger partial charge in [-0.2, -0.15) is 0 Å². The fourth-order valence-electron chi connectivity index (χ4n) is 2.39. The Morgan fingerprint density at radius 1 is 1.41 bits per heavy atom. The van der Waals surface area contributed by atoms with E-state index in [0.717, 1.165) is 25.1 Å². The Labute approximate surface area is 126 Å². The predicted octanol–water partition coefficient (Wildman–Crippen LogP) is 0.374. The first-order chi connectivity index (χ1) is 10.6. The number of nitrogens with two attached hydrogens (primary N) is 1. The van der Waals surface area contributed by atoms with Crippen LogP contribution in [0.2, 0.25) is 0 Å². The lowest BCUT2D eigenvalue weighted by atomic mass is 10.0. The number of hydrogen-bond donors (Lipinski definition) is 3. The minimum Gasteiger partial charge on any atom is -0.385 e. The lowest BCUT2D eigenvalue weighted by molar-refractivity contribution is -0.118. The van der Waals surface area contributed by atoms with Gasteiger partial charge in [-0.3, -0.25) is 9.59 Å². The number of carbonyl (C=O) groups excluding carboxylic acids is 2. The molecule has 0 saturated heterocycles. The molecule has 0 fully saturated rings. The molecule has 22 heavy (non-hydrogen) atoms. The van der Waals surface area contributed by atoms with Gasteiger partial charge >= 0.3 is 0 Å². The molecule has 8 heteroatoms. The summed E-state index contributed by atoms with van der Waals surface area (Å²) in [5, 5.41) is 13.5. The van der Waals surface area contributed by atoms with E-state index >= 15 is 0 Å². The average molecular weight is 300 g/mol. The molecule has 2 heterocycles. The third-order valence-electron chi connectivity index (χ3n) is 3.39. The topological polar surface area (TPSA) is 115 Å². The van der Waals surface area contributed by atoms with Crippen molar-refractivity contribution in [1.82, 2.24) is 15.0 Å². The number of aryl methyl sites for hydroxylation is 1. The van der Waals surface area contributed by atoms with Crippen molar-refractivity contribution in [1.29, 1.82) is 0 Å². The quantitative estimate of drug-likeness (QED) is 0.754. The molecular formula is C14H16N6O2. The summed E-state index contributed by atoms with van der Waals surface area (Å²) in [4.78, 5) is 22.9. The zero-order chi connectivity index (χ0) is 15.5. The Bertz CT molecular complexity index is 724. The minimum atomic E-state index is -0.543. The molecule has 4 N–H and O–H groups in total. The van der Waals surface area contributed by atoms with Crippen molar-refractivity contribution >= 4 is 23.2 Å². The van der Waals surface area contributed by atoms with E-state index in [1.54, 1.807) is 0 Å². The van der Waals surface area contributed by atoms with Crippen LogP contribution in [0.4, 0.5) is 11.4 Å². The molecule has 114 valence electrons. The summed E-state index contributed by atoms with van der Waals surface area (Å²) in [6.45, 7) is 0.868. The number of carbonyl (C=O) groups is 2. The van der Waals surface area contributed by atoms with Crippen molar-refractivity contribution in [2.75, 3.05) is 17.2 Å².